The molecule has 2 heterocycles. The average Bonchev–Trinajstić information content (AvgIpc) is 3.13. The van der Waals surface area contributed by atoms with Gasteiger partial charge in [-0.25, -0.2) is 4.98 Å². The van der Waals surface area contributed by atoms with Crippen molar-refractivity contribution in [2.45, 2.75) is 38.0 Å². The van der Waals surface area contributed by atoms with Crippen LogP contribution in [0.1, 0.15) is 38.2 Å². The molecule has 0 N–H and O–H groups in total. The van der Waals surface area contributed by atoms with E-state index in [1.54, 1.807) is 11.3 Å². The summed E-state index contributed by atoms with van der Waals surface area (Å²) >= 11 is 1.78. The summed E-state index contributed by atoms with van der Waals surface area (Å²) in [5, 5.41) is 1.11. The van der Waals surface area contributed by atoms with E-state index in [0.717, 1.165) is 16.9 Å². The Labute approximate surface area is 139 Å². The summed E-state index contributed by atoms with van der Waals surface area (Å²) in [6, 6.07) is 15.1. The highest BCUT2D eigenvalue weighted by Gasteiger charge is 2.40. The van der Waals surface area contributed by atoms with Crippen molar-refractivity contribution in [1.82, 2.24) is 4.98 Å². The zero-order valence-corrected chi connectivity index (χ0v) is 14.0. The summed E-state index contributed by atoms with van der Waals surface area (Å²) in [5.74, 6) is 0. The molecule has 1 fully saturated rings. The lowest BCUT2D eigenvalue weighted by Crippen LogP contribution is -2.32. The van der Waals surface area contributed by atoms with Crippen molar-refractivity contribution in [1.29, 1.82) is 0 Å². The third-order valence-electron chi connectivity index (χ3n) is 5.36. The monoisotopic (exact) mass is 318 g/mol. The molecule has 1 aliphatic carbocycles. The number of fused-ring (bicyclic) bond motifs is 4. The second-order valence-electron chi connectivity index (χ2n) is 6.82. The van der Waals surface area contributed by atoms with Gasteiger partial charge in [0, 0.05) is 16.7 Å². The molecular weight excluding hydrogens is 300 g/mol. The summed E-state index contributed by atoms with van der Waals surface area (Å²) in [6.45, 7) is 2.37. The van der Waals surface area contributed by atoms with Gasteiger partial charge in [-0.05, 0) is 55.2 Å². The minimum atomic E-state index is 0.153. The van der Waals surface area contributed by atoms with Gasteiger partial charge in [-0.15, -0.1) is 11.3 Å². The van der Waals surface area contributed by atoms with Gasteiger partial charge in [-0.2, -0.15) is 0 Å². The van der Waals surface area contributed by atoms with Gasteiger partial charge in [0.2, 0.25) is 0 Å². The number of para-hydroxylation sites is 1. The van der Waals surface area contributed by atoms with E-state index in [1.807, 2.05) is 0 Å². The predicted octanol–water partition coefficient (Wildman–Crippen LogP) is 5.88. The van der Waals surface area contributed by atoms with Gasteiger partial charge in [-0.3, -0.25) is 4.99 Å². The first kappa shape index (κ1) is 13.4. The Balaban J connectivity index is 1.64. The van der Waals surface area contributed by atoms with Crippen molar-refractivity contribution in [3.63, 3.8) is 0 Å². The van der Waals surface area contributed by atoms with Crippen LogP contribution in [0.2, 0.25) is 0 Å². The number of rotatable bonds is 1. The van der Waals surface area contributed by atoms with E-state index in [0.29, 0.717) is 0 Å². The largest absolute Gasteiger partial charge is 0.257 e. The Kier molecular flexibility index (Phi) is 2.77. The number of nitrogens with zero attached hydrogens (tertiary/aromatic N) is 2. The van der Waals surface area contributed by atoms with Crippen LogP contribution in [0.15, 0.2) is 47.5 Å². The quantitative estimate of drug-likeness (QED) is 0.550. The van der Waals surface area contributed by atoms with Crippen molar-refractivity contribution in [2.75, 3.05) is 0 Å². The zero-order valence-electron chi connectivity index (χ0n) is 13.2. The SMILES string of the molecule is CC12CCCCC1=Nc1ccc(-c3nc4ccccc4s3)cc12. The van der Waals surface area contributed by atoms with Crippen LogP contribution in [0.3, 0.4) is 0 Å². The lowest BCUT2D eigenvalue weighted by atomic mass is 9.70. The van der Waals surface area contributed by atoms with Crippen LogP contribution in [-0.2, 0) is 5.41 Å². The van der Waals surface area contributed by atoms with Gasteiger partial charge in [-0.1, -0.05) is 25.5 Å². The molecule has 1 unspecified atom stereocenters. The molecule has 1 aliphatic heterocycles. The van der Waals surface area contributed by atoms with E-state index < -0.39 is 0 Å². The van der Waals surface area contributed by atoms with Crippen LogP contribution in [0.5, 0.6) is 0 Å². The number of aromatic nitrogens is 1. The maximum absolute atomic E-state index is 4.92. The normalized spacial score (nSPS) is 22.7. The molecule has 114 valence electrons. The molecule has 3 aromatic rings. The third kappa shape index (κ3) is 1.93. The predicted molar refractivity (Wildman–Crippen MR) is 98.0 cm³/mol. The van der Waals surface area contributed by atoms with Crippen molar-refractivity contribution in [3.8, 4) is 10.6 Å². The van der Waals surface area contributed by atoms with Crippen LogP contribution in [-0.4, -0.2) is 10.7 Å². The number of aliphatic imine (C=N–C) groups is 1. The molecule has 2 aromatic carbocycles. The maximum Gasteiger partial charge on any atom is 0.124 e. The first-order valence-corrected chi connectivity index (χ1v) is 9.14. The van der Waals surface area contributed by atoms with Crippen molar-refractivity contribution in [3.05, 3.63) is 48.0 Å². The van der Waals surface area contributed by atoms with E-state index >= 15 is 0 Å². The molecule has 0 saturated heterocycles. The molecule has 0 bridgehead atoms. The van der Waals surface area contributed by atoms with Crippen molar-refractivity contribution < 1.29 is 0 Å². The second-order valence-corrected chi connectivity index (χ2v) is 7.85. The Bertz CT molecular complexity index is 920. The Morgan fingerprint density at radius 2 is 2.00 bits per heavy atom. The molecule has 1 saturated carbocycles. The molecule has 0 spiro atoms. The van der Waals surface area contributed by atoms with E-state index in [-0.39, 0.29) is 5.41 Å². The van der Waals surface area contributed by atoms with Gasteiger partial charge < -0.3 is 0 Å². The fraction of sp³-hybridized carbons (Fsp3) is 0.300. The molecule has 2 aliphatic rings. The molecular formula is C20H18N2S. The fourth-order valence-corrected chi connectivity index (χ4v) is 4.97. The number of thiazole rings is 1. The summed E-state index contributed by atoms with van der Waals surface area (Å²) in [6.07, 6.45) is 4.97. The number of benzene rings is 2. The second kappa shape index (κ2) is 4.75. The van der Waals surface area contributed by atoms with Gasteiger partial charge in [0.25, 0.3) is 0 Å². The van der Waals surface area contributed by atoms with E-state index in [4.69, 9.17) is 9.98 Å². The highest BCUT2D eigenvalue weighted by molar-refractivity contribution is 7.21. The van der Waals surface area contributed by atoms with E-state index in [2.05, 4.69) is 49.4 Å². The minimum absolute atomic E-state index is 0.153. The fourth-order valence-electron chi connectivity index (χ4n) is 4.01. The van der Waals surface area contributed by atoms with Crippen LogP contribution < -0.4 is 0 Å². The van der Waals surface area contributed by atoms with E-state index in [9.17, 15) is 0 Å². The molecule has 1 aromatic heterocycles. The van der Waals surface area contributed by atoms with Gasteiger partial charge >= 0.3 is 0 Å². The van der Waals surface area contributed by atoms with Crippen molar-refractivity contribution >= 4 is 33.0 Å². The average molecular weight is 318 g/mol. The third-order valence-corrected chi connectivity index (χ3v) is 6.45. The molecule has 2 nitrogen and oxygen atoms in total. The van der Waals surface area contributed by atoms with Gasteiger partial charge in [0.15, 0.2) is 0 Å². The molecule has 5 rings (SSSR count). The molecule has 0 amide bonds. The van der Waals surface area contributed by atoms with E-state index in [1.165, 1.54) is 46.5 Å². The number of hydrogen-bond donors (Lipinski definition) is 0. The van der Waals surface area contributed by atoms with Gasteiger partial charge in [0.05, 0.1) is 15.9 Å². The first-order valence-electron chi connectivity index (χ1n) is 8.33. The minimum Gasteiger partial charge on any atom is -0.257 e. The van der Waals surface area contributed by atoms with Crippen LogP contribution in [0.4, 0.5) is 5.69 Å². The molecule has 1 atom stereocenters. The Morgan fingerprint density at radius 1 is 1.09 bits per heavy atom. The van der Waals surface area contributed by atoms with Crippen LogP contribution >= 0.6 is 11.3 Å². The zero-order chi connectivity index (χ0) is 15.4. The van der Waals surface area contributed by atoms with Crippen LogP contribution in [0.25, 0.3) is 20.8 Å². The smallest absolute Gasteiger partial charge is 0.124 e. The van der Waals surface area contributed by atoms with Crippen molar-refractivity contribution in [2.24, 2.45) is 4.99 Å². The lowest BCUT2D eigenvalue weighted by Gasteiger charge is -2.32. The highest BCUT2D eigenvalue weighted by atomic mass is 32.1. The Morgan fingerprint density at radius 3 is 2.91 bits per heavy atom. The highest BCUT2D eigenvalue weighted by Crippen LogP contribution is 2.48. The molecule has 23 heavy (non-hydrogen) atoms. The maximum atomic E-state index is 4.92. The number of hydrogen-bond acceptors (Lipinski definition) is 3. The Hall–Kier alpha value is -2.00. The topological polar surface area (TPSA) is 25.2 Å². The first-order chi connectivity index (χ1) is 11.2. The summed E-state index contributed by atoms with van der Waals surface area (Å²) < 4.78 is 1.25. The van der Waals surface area contributed by atoms with Gasteiger partial charge in [0.1, 0.15) is 5.01 Å². The molecule has 0 radical (unpaired) electrons. The standard InChI is InChI=1S/C20H18N2S/c1-20-11-5-4-8-18(20)21-15-10-9-13(12-14(15)20)19-22-16-6-2-3-7-17(16)23-19/h2-3,6-7,9-10,12H,4-5,8,11H2,1H3. The van der Waals surface area contributed by atoms with Crippen LogP contribution in [0, 0.1) is 0 Å². The summed E-state index contributed by atoms with van der Waals surface area (Å²) in [5.41, 5.74) is 6.45. The summed E-state index contributed by atoms with van der Waals surface area (Å²) in [7, 11) is 0. The lowest BCUT2D eigenvalue weighted by molar-refractivity contribution is 0.498. The molecule has 3 heteroatoms. The summed E-state index contributed by atoms with van der Waals surface area (Å²) in [4.78, 5) is 9.74.